The van der Waals surface area contributed by atoms with Crippen LogP contribution < -0.4 is 5.32 Å². The van der Waals surface area contributed by atoms with Crippen LogP contribution in [0.5, 0.6) is 0 Å². The van der Waals surface area contributed by atoms with Crippen molar-refractivity contribution < 1.29 is 44.6 Å². The van der Waals surface area contributed by atoms with E-state index in [1.165, 1.54) is 4.57 Å². The predicted molar refractivity (Wildman–Crippen MR) is 87.5 cm³/mol. The number of nitrogens with one attached hydrogen (secondary N) is 1. The van der Waals surface area contributed by atoms with E-state index < -0.39 is 42.7 Å². The third kappa shape index (κ3) is 4.60. The molecule has 2 N–H and O–H groups in total. The van der Waals surface area contributed by atoms with Crippen LogP contribution >= 0.6 is 0 Å². The van der Waals surface area contributed by atoms with Gasteiger partial charge in [-0.3, -0.25) is 0 Å². The maximum atomic E-state index is 13.0. The maximum absolute atomic E-state index is 13.0. The summed E-state index contributed by atoms with van der Waals surface area (Å²) in [5.74, 6) is -4.06. The summed E-state index contributed by atoms with van der Waals surface area (Å²) in [5.41, 5.74) is -0.892. The van der Waals surface area contributed by atoms with Gasteiger partial charge >= 0.3 is 18.5 Å². The van der Waals surface area contributed by atoms with Gasteiger partial charge in [-0.2, -0.15) is 39.5 Å². The van der Waals surface area contributed by atoms with Gasteiger partial charge in [0.1, 0.15) is 6.23 Å². The zero-order valence-electron chi connectivity index (χ0n) is 15.0. The minimum absolute atomic E-state index is 0.0208. The molecule has 0 bridgehead atoms. The van der Waals surface area contributed by atoms with E-state index in [1.54, 1.807) is 0 Å². The number of alkyl halides is 9. The Morgan fingerprint density at radius 3 is 2.10 bits per heavy atom. The van der Waals surface area contributed by atoms with Gasteiger partial charge in [-0.05, 0) is 37.5 Å². The van der Waals surface area contributed by atoms with Crippen molar-refractivity contribution >= 4 is 17.0 Å². The summed E-state index contributed by atoms with van der Waals surface area (Å²) in [7, 11) is 0. The molecule has 4 nitrogen and oxygen atoms in total. The van der Waals surface area contributed by atoms with Crippen molar-refractivity contribution in [1.82, 2.24) is 9.55 Å². The Labute approximate surface area is 163 Å². The summed E-state index contributed by atoms with van der Waals surface area (Å²) in [5, 5.41) is 12.0. The highest BCUT2D eigenvalue weighted by molar-refractivity contribution is 5.80. The van der Waals surface area contributed by atoms with Crippen molar-refractivity contribution in [3.05, 3.63) is 23.8 Å². The lowest BCUT2D eigenvalue weighted by Crippen LogP contribution is -2.40. The third-order valence-electron chi connectivity index (χ3n) is 5.00. The summed E-state index contributed by atoms with van der Waals surface area (Å²) in [6, 6.07) is 2.30. The fraction of sp³-hybridized carbons (Fsp3) is 0.588. The molecule has 168 valence electrons. The van der Waals surface area contributed by atoms with Crippen molar-refractivity contribution in [2.45, 2.75) is 56.5 Å². The minimum Gasteiger partial charge on any atom is -0.374 e. The van der Waals surface area contributed by atoms with E-state index in [2.05, 4.69) is 10.3 Å². The molecule has 1 saturated carbocycles. The Bertz CT molecular complexity index is 883. The second-order valence-electron chi connectivity index (χ2n) is 7.12. The molecule has 0 aliphatic heterocycles. The van der Waals surface area contributed by atoms with E-state index in [-0.39, 0.29) is 23.0 Å². The molecule has 1 aliphatic rings. The smallest absolute Gasteiger partial charge is 0.374 e. The third-order valence-corrected chi connectivity index (χ3v) is 5.00. The zero-order chi connectivity index (χ0) is 22.5. The first-order chi connectivity index (χ1) is 13.7. The predicted octanol–water partition coefficient (Wildman–Crippen LogP) is 5.64. The Morgan fingerprint density at radius 2 is 1.63 bits per heavy atom. The first-order valence-electron chi connectivity index (χ1n) is 8.85. The molecule has 1 aliphatic carbocycles. The Morgan fingerprint density at radius 1 is 1.03 bits per heavy atom. The SMILES string of the molecule is OC(CC(C(F)(F)F)C(F)(F)F)Nc1nc2ccc(C(F)(F)F)cc2n1C1CCC1. The van der Waals surface area contributed by atoms with E-state index in [0.29, 0.717) is 12.8 Å². The van der Waals surface area contributed by atoms with E-state index in [9.17, 15) is 44.6 Å². The summed E-state index contributed by atoms with van der Waals surface area (Å²) < 4.78 is 117. The van der Waals surface area contributed by atoms with E-state index in [4.69, 9.17) is 0 Å². The van der Waals surface area contributed by atoms with Crippen LogP contribution in [-0.2, 0) is 6.18 Å². The topological polar surface area (TPSA) is 50.1 Å². The fourth-order valence-electron chi connectivity index (χ4n) is 3.27. The van der Waals surface area contributed by atoms with Crippen molar-refractivity contribution in [3.63, 3.8) is 0 Å². The quantitative estimate of drug-likeness (QED) is 0.459. The molecular formula is C17H16F9N3O. The highest BCUT2D eigenvalue weighted by atomic mass is 19.4. The molecule has 1 aromatic carbocycles. The van der Waals surface area contributed by atoms with Gasteiger partial charge in [0.05, 0.1) is 16.6 Å². The molecule has 1 aromatic heterocycles. The average molecular weight is 449 g/mol. The number of imidazole rings is 1. The minimum atomic E-state index is -5.63. The fourth-order valence-corrected chi connectivity index (χ4v) is 3.27. The highest BCUT2D eigenvalue weighted by Gasteiger charge is 2.57. The van der Waals surface area contributed by atoms with Crippen LogP contribution in [0.3, 0.4) is 0 Å². The van der Waals surface area contributed by atoms with Crippen LogP contribution in [0.4, 0.5) is 45.5 Å². The maximum Gasteiger partial charge on any atom is 0.416 e. The number of rotatable bonds is 5. The molecule has 3 rings (SSSR count). The first-order valence-corrected chi connectivity index (χ1v) is 8.85. The molecule has 0 spiro atoms. The zero-order valence-corrected chi connectivity index (χ0v) is 15.0. The number of nitrogens with zero attached hydrogens (tertiary/aromatic N) is 2. The molecule has 2 aromatic rings. The largest absolute Gasteiger partial charge is 0.416 e. The Kier molecular flexibility index (Phi) is 5.63. The molecular weight excluding hydrogens is 433 g/mol. The second-order valence-corrected chi connectivity index (χ2v) is 7.12. The molecule has 1 unspecified atom stereocenters. The number of aliphatic hydroxyl groups is 1. The van der Waals surface area contributed by atoms with Gasteiger partial charge < -0.3 is 15.0 Å². The number of hydrogen-bond donors (Lipinski definition) is 2. The van der Waals surface area contributed by atoms with Gasteiger partial charge in [-0.25, -0.2) is 4.98 Å². The molecule has 13 heteroatoms. The lowest BCUT2D eigenvalue weighted by atomic mass is 9.92. The van der Waals surface area contributed by atoms with Gasteiger partial charge in [0.2, 0.25) is 5.95 Å². The summed E-state index contributed by atoms with van der Waals surface area (Å²) in [4.78, 5) is 3.97. The molecule has 30 heavy (non-hydrogen) atoms. The van der Waals surface area contributed by atoms with Crippen LogP contribution in [0, 0.1) is 5.92 Å². The van der Waals surface area contributed by atoms with Crippen molar-refractivity contribution in [2.24, 2.45) is 5.92 Å². The molecule has 1 heterocycles. The average Bonchev–Trinajstić information content (AvgIpc) is 2.85. The lowest BCUT2D eigenvalue weighted by Gasteiger charge is -2.30. The molecule has 0 radical (unpaired) electrons. The van der Waals surface area contributed by atoms with Gasteiger partial charge in [0.15, 0.2) is 5.92 Å². The van der Waals surface area contributed by atoms with Crippen LogP contribution in [0.2, 0.25) is 0 Å². The number of anilines is 1. The Hall–Kier alpha value is -2.18. The summed E-state index contributed by atoms with van der Waals surface area (Å²) in [6.45, 7) is 0. The van der Waals surface area contributed by atoms with E-state index in [1.807, 2.05) is 0 Å². The van der Waals surface area contributed by atoms with Crippen LogP contribution in [-0.4, -0.2) is 33.2 Å². The second kappa shape index (κ2) is 7.50. The van der Waals surface area contributed by atoms with E-state index >= 15 is 0 Å². The standard InChI is InChI=1S/C17H16F9N3O/c18-15(19,20)8-4-5-10-11(6-8)29(9-2-1-3-9)14(27-10)28-13(30)7-12(16(21,22)23)17(24,25)26/h4-6,9,12-13,30H,1-3,7H2,(H,27,28). The normalized spacial score (nSPS) is 17.4. The van der Waals surface area contributed by atoms with Gasteiger partial charge in [0.25, 0.3) is 0 Å². The highest BCUT2D eigenvalue weighted by Crippen LogP contribution is 2.43. The van der Waals surface area contributed by atoms with Gasteiger partial charge in [0, 0.05) is 12.5 Å². The number of aromatic nitrogens is 2. The van der Waals surface area contributed by atoms with E-state index in [0.717, 1.165) is 24.6 Å². The monoisotopic (exact) mass is 449 g/mol. The lowest BCUT2D eigenvalue weighted by molar-refractivity contribution is -0.289. The number of fused-ring (bicyclic) bond motifs is 1. The number of aliphatic hydroxyl groups excluding tert-OH is 1. The van der Waals surface area contributed by atoms with Crippen molar-refractivity contribution in [2.75, 3.05) is 5.32 Å². The van der Waals surface area contributed by atoms with Crippen LogP contribution in [0.15, 0.2) is 18.2 Å². The van der Waals surface area contributed by atoms with Crippen molar-refractivity contribution in [1.29, 1.82) is 0 Å². The van der Waals surface area contributed by atoms with Crippen LogP contribution in [0.1, 0.15) is 37.3 Å². The number of benzene rings is 1. The number of hydrogen-bond acceptors (Lipinski definition) is 3. The summed E-state index contributed by atoms with van der Waals surface area (Å²) in [6.07, 6.45) is -18.1. The van der Waals surface area contributed by atoms with Gasteiger partial charge in [-0.1, -0.05) is 0 Å². The van der Waals surface area contributed by atoms with Crippen LogP contribution in [0.25, 0.3) is 11.0 Å². The summed E-state index contributed by atoms with van der Waals surface area (Å²) >= 11 is 0. The van der Waals surface area contributed by atoms with Gasteiger partial charge in [-0.15, -0.1) is 0 Å². The molecule has 1 atom stereocenters. The van der Waals surface area contributed by atoms with Crippen molar-refractivity contribution in [3.8, 4) is 0 Å². The Balaban J connectivity index is 1.93. The molecule has 0 amide bonds. The molecule has 0 saturated heterocycles. The first kappa shape index (κ1) is 22.5. The number of halogens is 9. The molecule has 1 fully saturated rings.